The van der Waals surface area contributed by atoms with Crippen LogP contribution in [0, 0.1) is 5.92 Å². The fourth-order valence-corrected chi connectivity index (χ4v) is 2.50. The lowest BCUT2D eigenvalue weighted by Crippen LogP contribution is -2.25. The molecule has 0 spiro atoms. The lowest BCUT2D eigenvalue weighted by Gasteiger charge is -2.15. The molecule has 2 heterocycles. The van der Waals surface area contributed by atoms with Crippen LogP contribution in [-0.4, -0.2) is 22.9 Å². The van der Waals surface area contributed by atoms with Crippen molar-refractivity contribution in [2.75, 3.05) is 13.2 Å². The van der Waals surface area contributed by atoms with Gasteiger partial charge < -0.3 is 10.1 Å². The van der Waals surface area contributed by atoms with E-state index < -0.39 is 0 Å². The highest BCUT2D eigenvalue weighted by Crippen LogP contribution is 2.32. The van der Waals surface area contributed by atoms with Gasteiger partial charge >= 0.3 is 0 Å². The lowest BCUT2D eigenvalue weighted by atomic mass is 10.1. The average Bonchev–Trinajstić information content (AvgIpc) is 3.10. The summed E-state index contributed by atoms with van der Waals surface area (Å²) in [6.07, 6.45) is 3.88. The normalized spacial score (nSPS) is 19.4. The number of nitrogens with one attached hydrogen (secondary N) is 1. The molecule has 3 rings (SSSR count). The van der Waals surface area contributed by atoms with Crippen molar-refractivity contribution < 1.29 is 4.74 Å². The van der Waals surface area contributed by atoms with E-state index in [9.17, 15) is 0 Å². The summed E-state index contributed by atoms with van der Waals surface area (Å²) in [4.78, 5) is 0. The van der Waals surface area contributed by atoms with Crippen LogP contribution >= 0.6 is 0 Å². The zero-order valence-electron chi connectivity index (χ0n) is 10.5. The van der Waals surface area contributed by atoms with E-state index >= 15 is 0 Å². The minimum absolute atomic E-state index is 0.665. The van der Waals surface area contributed by atoms with Crippen molar-refractivity contribution in [3.63, 3.8) is 0 Å². The topological polar surface area (TPSA) is 39.1 Å². The van der Waals surface area contributed by atoms with Crippen molar-refractivity contribution in [2.45, 2.75) is 45.9 Å². The second kappa shape index (κ2) is 4.78. The molecule has 17 heavy (non-hydrogen) atoms. The zero-order valence-corrected chi connectivity index (χ0v) is 10.5. The van der Waals surface area contributed by atoms with E-state index in [1.165, 1.54) is 24.1 Å². The Hall–Kier alpha value is -0.870. The molecule has 0 unspecified atom stereocenters. The van der Waals surface area contributed by atoms with Crippen LogP contribution in [0.3, 0.4) is 0 Å². The largest absolute Gasteiger partial charge is 0.375 e. The molecule has 1 N–H and O–H groups in total. The van der Waals surface area contributed by atoms with Crippen LogP contribution in [0.1, 0.15) is 36.7 Å². The van der Waals surface area contributed by atoms with Gasteiger partial charge in [-0.3, -0.25) is 4.68 Å². The lowest BCUT2D eigenvalue weighted by molar-refractivity contribution is 0.130. The summed E-state index contributed by atoms with van der Waals surface area (Å²) >= 11 is 0. The van der Waals surface area contributed by atoms with Crippen LogP contribution in [0.25, 0.3) is 0 Å². The summed E-state index contributed by atoms with van der Waals surface area (Å²) in [5, 5.41) is 8.19. The molecule has 2 aliphatic rings. The first-order valence-electron chi connectivity index (χ1n) is 6.74. The maximum absolute atomic E-state index is 5.52. The summed E-state index contributed by atoms with van der Waals surface area (Å²) in [5.41, 5.74) is 3.99. The van der Waals surface area contributed by atoms with Crippen molar-refractivity contribution in [2.24, 2.45) is 5.92 Å². The summed E-state index contributed by atoms with van der Waals surface area (Å²) in [6, 6.07) is 0. The van der Waals surface area contributed by atoms with Gasteiger partial charge in [0.25, 0.3) is 0 Å². The molecule has 1 aromatic heterocycles. The molecule has 0 radical (unpaired) electrons. The predicted octanol–water partition coefficient (Wildman–Crippen LogP) is 1.48. The highest BCUT2D eigenvalue weighted by atomic mass is 16.5. The minimum atomic E-state index is 0.665. The summed E-state index contributed by atoms with van der Waals surface area (Å²) in [5.74, 6) is 0.883. The smallest absolute Gasteiger partial charge is 0.0929 e. The van der Waals surface area contributed by atoms with Gasteiger partial charge in [-0.15, -0.1) is 0 Å². The number of hydrogen-bond acceptors (Lipinski definition) is 3. The number of hydrogen-bond donors (Lipinski definition) is 1. The monoisotopic (exact) mass is 235 g/mol. The van der Waals surface area contributed by atoms with Crippen LogP contribution in [0.5, 0.6) is 0 Å². The molecule has 1 aromatic rings. The first-order chi connectivity index (χ1) is 8.38. The summed E-state index contributed by atoms with van der Waals surface area (Å²) < 4.78 is 7.77. The molecular weight excluding hydrogens is 214 g/mol. The van der Waals surface area contributed by atoms with Crippen molar-refractivity contribution in [1.29, 1.82) is 0 Å². The Morgan fingerprint density at radius 1 is 1.47 bits per heavy atom. The van der Waals surface area contributed by atoms with Gasteiger partial charge in [-0.25, -0.2) is 0 Å². The van der Waals surface area contributed by atoms with Crippen LogP contribution in [0.4, 0.5) is 0 Å². The van der Waals surface area contributed by atoms with Crippen LogP contribution in [0.15, 0.2) is 0 Å². The molecule has 0 amide bonds. The maximum atomic E-state index is 5.52. The van der Waals surface area contributed by atoms with Gasteiger partial charge in [0, 0.05) is 43.9 Å². The van der Waals surface area contributed by atoms with Crippen molar-refractivity contribution in [1.82, 2.24) is 15.1 Å². The number of rotatable bonds is 5. The molecule has 1 saturated carbocycles. The Morgan fingerprint density at radius 3 is 3.12 bits per heavy atom. The molecule has 4 nitrogen and oxygen atoms in total. The Morgan fingerprint density at radius 2 is 2.35 bits per heavy atom. The van der Waals surface area contributed by atoms with E-state index in [-0.39, 0.29) is 0 Å². The van der Waals surface area contributed by atoms with E-state index in [1.54, 1.807) is 0 Å². The van der Waals surface area contributed by atoms with Gasteiger partial charge in [0.2, 0.25) is 0 Å². The molecular formula is C13H21N3O. The fourth-order valence-electron chi connectivity index (χ4n) is 2.50. The summed E-state index contributed by atoms with van der Waals surface area (Å²) in [7, 11) is 0. The average molecular weight is 235 g/mol. The first-order valence-corrected chi connectivity index (χ1v) is 6.74. The minimum Gasteiger partial charge on any atom is -0.375 e. The Kier molecular flexibility index (Phi) is 3.16. The van der Waals surface area contributed by atoms with Crippen molar-refractivity contribution >= 4 is 0 Å². The molecule has 1 aliphatic carbocycles. The second-order valence-corrected chi connectivity index (χ2v) is 5.06. The quantitative estimate of drug-likeness (QED) is 0.840. The zero-order chi connectivity index (χ0) is 11.7. The maximum Gasteiger partial charge on any atom is 0.0929 e. The van der Waals surface area contributed by atoms with Gasteiger partial charge in [0.1, 0.15) is 0 Å². The molecule has 0 bridgehead atoms. The number of nitrogens with zero attached hydrogens (tertiary/aromatic N) is 2. The Bertz CT molecular complexity index is 396. The molecule has 0 saturated heterocycles. The second-order valence-electron chi connectivity index (χ2n) is 5.06. The molecule has 4 heteroatoms. The third-order valence-electron chi connectivity index (χ3n) is 3.66. The van der Waals surface area contributed by atoms with E-state index in [2.05, 4.69) is 10.00 Å². The number of aromatic nitrogens is 2. The molecule has 1 aliphatic heterocycles. The van der Waals surface area contributed by atoms with E-state index in [4.69, 9.17) is 9.84 Å². The van der Waals surface area contributed by atoms with E-state index in [0.29, 0.717) is 6.61 Å². The van der Waals surface area contributed by atoms with Gasteiger partial charge in [0.15, 0.2) is 0 Å². The van der Waals surface area contributed by atoms with Crippen molar-refractivity contribution in [3.8, 4) is 0 Å². The van der Waals surface area contributed by atoms with E-state index in [0.717, 1.165) is 44.3 Å². The molecule has 0 aromatic carbocycles. The highest BCUT2D eigenvalue weighted by molar-refractivity contribution is 5.28. The van der Waals surface area contributed by atoms with Crippen LogP contribution < -0.4 is 5.32 Å². The van der Waals surface area contributed by atoms with Gasteiger partial charge in [-0.2, -0.15) is 5.10 Å². The van der Waals surface area contributed by atoms with Crippen molar-refractivity contribution in [3.05, 3.63) is 17.0 Å². The van der Waals surface area contributed by atoms with Crippen LogP contribution in [0.2, 0.25) is 0 Å². The molecule has 94 valence electrons. The number of ether oxygens (including phenoxy) is 1. The third-order valence-corrected chi connectivity index (χ3v) is 3.66. The van der Waals surface area contributed by atoms with Gasteiger partial charge in [-0.1, -0.05) is 0 Å². The SMILES string of the molecule is CCOCc1nn(CC2CC2)c2c1CNCC2. The van der Waals surface area contributed by atoms with Gasteiger partial charge in [0.05, 0.1) is 12.3 Å². The van der Waals surface area contributed by atoms with E-state index in [1.807, 2.05) is 6.92 Å². The summed E-state index contributed by atoms with van der Waals surface area (Å²) in [6.45, 7) is 6.62. The standard InChI is InChI=1S/C13H21N3O/c1-2-17-9-12-11-7-14-6-5-13(11)16(15-12)8-10-3-4-10/h10,14H,2-9H2,1H3. The van der Waals surface area contributed by atoms with Gasteiger partial charge in [-0.05, 0) is 25.7 Å². The molecule has 0 atom stereocenters. The Balaban J connectivity index is 1.83. The molecule has 1 fully saturated rings. The third kappa shape index (κ3) is 2.38. The predicted molar refractivity (Wildman–Crippen MR) is 65.7 cm³/mol. The van der Waals surface area contributed by atoms with Crippen LogP contribution in [-0.2, 0) is 30.9 Å². The first kappa shape index (κ1) is 11.2. The Labute approximate surface area is 102 Å². The number of fused-ring (bicyclic) bond motifs is 1. The highest BCUT2D eigenvalue weighted by Gasteiger charge is 2.26. The fraction of sp³-hybridized carbons (Fsp3) is 0.769.